The van der Waals surface area contributed by atoms with Crippen molar-refractivity contribution in [1.29, 1.82) is 0 Å². The van der Waals surface area contributed by atoms with E-state index in [0.29, 0.717) is 11.0 Å². The first-order valence-electron chi connectivity index (χ1n) is 4.01. The quantitative estimate of drug-likeness (QED) is 0.807. The normalized spacial score (nSPS) is 12.1. The molecule has 1 aromatic rings. The van der Waals surface area contributed by atoms with E-state index >= 15 is 0 Å². The maximum absolute atomic E-state index is 12.5. The molecule has 3 N–H and O–H groups in total. The van der Waals surface area contributed by atoms with Crippen molar-refractivity contribution in [2.24, 2.45) is 5.73 Å². The van der Waals surface area contributed by atoms with Gasteiger partial charge in [0.15, 0.2) is 0 Å². The fourth-order valence-electron chi connectivity index (χ4n) is 0.933. The molecule has 0 radical (unpaired) electrons. The van der Waals surface area contributed by atoms with Crippen LogP contribution in [0, 0.1) is 5.82 Å². The molecule has 76 valence electrons. The van der Waals surface area contributed by atoms with Crippen molar-refractivity contribution in [2.45, 2.75) is 6.04 Å². The highest BCUT2D eigenvalue weighted by Gasteiger charge is 2.12. The second-order valence-corrected chi connectivity index (χ2v) is 3.41. The minimum absolute atomic E-state index is 0.315. The van der Waals surface area contributed by atoms with Gasteiger partial charge in [0.1, 0.15) is 11.9 Å². The number of rotatable bonds is 4. The lowest BCUT2D eigenvalue weighted by Crippen LogP contribution is -2.36. The standard InChI is InChI=1S/C9H10BrFN2O/c10-5-8(9(12)14)13-7-3-1-6(11)2-4-7/h1-4,8,13H,5H2,(H2,12,14). The summed E-state index contributed by atoms with van der Waals surface area (Å²) >= 11 is 3.15. The van der Waals surface area contributed by atoms with Gasteiger partial charge >= 0.3 is 0 Å². The Labute approximate surface area is 89.6 Å². The molecule has 1 rings (SSSR count). The highest BCUT2D eigenvalue weighted by Crippen LogP contribution is 2.10. The van der Waals surface area contributed by atoms with Crippen molar-refractivity contribution < 1.29 is 9.18 Å². The first-order valence-corrected chi connectivity index (χ1v) is 5.13. The smallest absolute Gasteiger partial charge is 0.240 e. The molecule has 0 aliphatic carbocycles. The highest BCUT2D eigenvalue weighted by molar-refractivity contribution is 9.09. The third kappa shape index (κ3) is 2.99. The van der Waals surface area contributed by atoms with Crippen LogP contribution in [0.1, 0.15) is 0 Å². The summed E-state index contributed by atoms with van der Waals surface area (Å²) in [5, 5.41) is 3.28. The number of hydrogen-bond acceptors (Lipinski definition) is 2. The van der Waals surface area contributed by atoms with Gasteiger partial charge in [0.05, 0.1) is 0 Å². The van der Waals surface area contributed by atoms with Crippen LogP contribution in [0.5, 0.6) is 0 Å². The lowest BCUT2D eigenvalue weighted by molar-refractivity contribution is -0.118. The summed E-state index contributed by atoms with van der Waals surface area (Å²) in [6.45, 7) is 0. The topological polar surface area (TPSA) is 55.1 Å². The van der Waals surface area contributed by atoms with Crippen LogP contribution in [0.2, 0.25) is 0 Å². The van der Waals surface area contributed by atoms with Crippen LogP contribution in [0.4, 0.5) is 10.1 Å². The number of hydrogen-bond donors (Lipinski definition) is 2. The molecule has 3 nitrogen and oxygen atoms in total. The van der Waals surface area contributed by atoms with Crippen molar-refractivity contribution >= 4 is 27.5 Å². The third-order valence-electron chi connectivity index (χ3n) is 1.68. The van der Waals surface area contributed by atoms with Crippen LogP contribution in [0.15, 0.2) is 24.3 Å². The van der Waals surface area contributed by atoms with E-state index in [4.69, 9.17) is 5.73 Å². The molecule has 0 heterocycles. The van der Waals surface area contributed by atoms with Crippen molar-refractivity contribution in [3.8, 4) is 0 Å². The minimum atomic E-state index is -0.486. The van der Waals surface area contributed by atoms with Crippen LogP contribution in [0.3, 0.4) is 0 Å². The SMILES string of the molecule is NC(=O)C(CBr)Nc1ccc(F)cc1. The summed E-state index contributed by atoms with van der Waals surface area (Å²) in [6, 6.07) is 5.24. The van der Waals surface area contributed by atoms with Crippen molar-refractivity contribution in [3.05, 3.63) is 30.1 Å². The van der Waals surface area contributed by atoms with E-state index in [1.54, 1.807) is 12.1 Å². The third-order valence-corrected chi connectivity index (χ3v) is 2.33. The van der Waals surface area contributed by atoms with Gasteiger partial charge in [-0.25, -0.2) is 4.39 Å². The van der Waals surface area contributed by atoms with E-state index in [9.17, 15) is 9.18 Å². The van der Waals surface area contributed by atoms with Crippen molar-refractivity contribution in [1.82, 2.24) is 0 Å². The number of alkyl halides is 1. The van der Waals surface area contributed by atoms with E-state index < -0.39 is 11.9 Å². The lowest BCUT2D eigenvalue weighted by Gasteiger charge is -2.13. The monoisotopic (exact) mass is 260 g/mol. The van der Waals surface area contributed by atoms with Gasteiger partial charge in [0, 0.05) is 11.0 Å². The summed E-state index contributed by atoms with van der Waals surface area (Å²) in [6.07, 6.45) is 0. The summed E-state index contributed by atoms with van der Waals surface area (Å²) < 4.78 is 12.5. The van der Waals surface area contributed by atoms with Crippen molar-refractivity contribution in [3.63, 3.8) is 0 Å². The summed E-state index contributed by atoms with van der Waals surface area (Å²) in [7, 11) is 0. The van der Waals surface area contributed by atoms with Crippen LogP contribution in [-0.2, 0) is 4.79 Å². The molecule has 0 aromatic heterocycles. The van der Waals surface area contributed by atoms with Gasteiger partial charge in [0.2, 0.25) is 5.91 Å². The van der Waals surface area contributed by atoms with Gasteiger partial charge < -0.3 is 11.1 Å². The molecule has 1 unspecified atom stereocenters. The Kier molecular flexibility index (Phi) is 3.88. The molecule has 0 saturated carbocycles. The zero-order chi connectivity index (χ0) is 10.6. The maximum Gasteiger partial charge on any atom is 0.240 e. The van der Waals surface area contributed by atoms with E-state index in [1.165, 1.54) is 12.1 Å². The van der Waals surface area contributed by atoms with Gasteiger partial charge in [-0.15, -0.1) is 0 Å². The number of amides is 1. The summed E-state index contributed by atoms with van der Waals surface area (Å²) in [5.41, 5.74) is 5.78. The first-order chi connectivity index (χ1) is 6.63. The van der Waals surface area contributed by atoms with Crippen LogP contribution in [-0.4, -0.2) is 17.3 Å². The molecular weight excluding hydrogens is 251 g/mol. The lowest BCUT2D eigenvalue weighted by atomic mass is 10.2. The Morgan fingerprint density at radius 1 is 1.50 bits per heavy atom. The summed E-state index contributed by atoms with van der Waals surface area (Å²) in [5.74, 6) is -0.767. The second-order valence-electron chi connectivity index (χ2n) is 2.76. The van der Waals surface area contributed by atoms with Gasteiger partial charge in [0.25, 0.3) is 0 Å². The highest BCUT2D eigenvalue weighted by atomic mass is 79.9. The number of carbonyl (C=O) groups excluding carboxylic acids is 1. The Hall–Kier alpha value is -1.10. The molecule has 0 bridgehead atoms. The maximum atomic E-state index is 12.5. The largest absolute Gasteiger partial charge is 0.373 e. The molecule has 1 amide bonds. The summed E-state index contributed by atoms with van der Waals surface area (Å²) in [4.78, 5) is 10.9. The van der Waals surface area contributed by atoms with E-state index in [1.807, 2.05) is 0 Å². The molecular formula is C9H10BrFN2O. The molecule has 0 fully saturated rings. The van der Waals surface area contributed by atoms with E-state index in [0.717, 1.165) is 0 Å². The number of anilines is 1. The number of halogens is 2. The van der Waals surface area contributed by atoms with E-state index in [2.05, 4.69) is 21.2 Å². The molecule has 1 atom stereocenters. The molecule has 14 heavy (non-hydrogen) atoms. The zero-order valence-corrected chi connectivity index (χ0v) is 8.92. The predicted octanol–water partition coefficient (Wildman–Crippen LogP) is 1.49. The number of carbonyl (C=O) groups is 1. The van der Waals surface area contributed by atoms with E-state index in [-0.39, 0.29) is 5.82 Å². The number of primary amides is 1. The Morgan fingerprint density at radius 3 is 2.50 bits per heavy atom. The fourth-order valence-corrected chi connectivity index (χ4v) is 1.41. The Bertz CT molecular complexity index is 315. The average molecular weight is 261 g/mol. The predicted molar refractivity (Wildman–Crippen MR) is 56.8 cm³/mol. The number of nitrogens with two attached hydrogens (primary N) is 1. The minimum Gasteiger partial charge on any atom is -0.373 e. The van der Waals surface area contributed by atoms with Gasteiger partial charge in [-0.2, -0.15) is 0 Å². The van der Waals surface area contributed by atoms with Crippen LogP contribution >= 0.6 is 15.9 Å². The Morgan fingerprint density at radius 2 is 2.07 bits per heavy atom. The van der Waals surface area contributed by atoms with Gasteiger partial charge in [-0.3, -0.25) is 4.79 Å². The molecule has 1 aromatic carbocycles. The second kappa shape index (κ2) is 4.95. The molecule has 0 spiro atoms. The first kappa shape index (κ1) is 11.0. The number of benzene rings is 1. The molecule has 0 saturated heterocycles. The fraction of sp³-hybridized carbons (Fsp3) is 0.222. The molecule has 0 aliphatic heterocycles. The van der Waals surface area contributed by atoms with Gasteiger partial charge in [-0.05, 0) is 24.3 Å². The van der Waals surface area contributed by atoms with Crippen LogP contribution in [0.25, 0.3) is 0 Å². The Balaban J connectivity index is 2.67. The molecule has 5 heteroatoms. The van der Waals surface area contributed by atoms with Crippen LogP contribution < -0.4 is 11.1 Å². The molecule has 0 aliphatic rings. The average Bonchev–Trinajstić information content (AvgIpc) is 2.16. The van der Waals surface area contributed by atoms with Gasteiger partial charge in [-0.1, -0.05) is 15.9 Å². The number of nitrogens with one attached hydrogen (secondary N) is 1. The van der Waals surface area contributed by atoms with Crippen molar-refractivity contribution in [2.75, 3.05) is 10.6 Å². The zero-order valence-electron chi connectivity index (χ0n) is 7.34.